The molecular weight excluding hydrogens is 264 g/mol. The summed E-state index contributed by atoms with van der Waals surface area (Å²) in [6, 6.07) is 0.450. The van der Waals surface area contributed by atoms with E-state index < -0.39 is 0 Å². The molecular formula is C16H28N4O. The van der Waals surface area contributed by atoms with Crippen molar-refractivity contribution in [1.82, 2.24) is 20.4 Å². The predicted octanol–water partition coefficient (Wildman–Crippen LogP) is 2.87. The van der Waals surface area contributed by atoms with Crippen LogP contribution in [0, 0.1) is 12.8 Å². The smallest absolute Gasteiger partial charge is 0.317 e. The zero-order valence-corrected chi connectivity index (χ0v) is 13.5. The second-order valence-corrected chi connectivity index (χ2v) is 6.39. The Bertz CT molecular complexity index is 457. The molecule has 0 saturated carbocycles. The van der Waals surface area contributed by atoms with Gasteiger partial charge < -0.3 is 10.2 Å². The number of urea groups is 1. The van der Waals surface area contributed by atoms with Gasteiger partial charge in [0.15, 0.2) is 0 Å². The number of aromatic amines is 1. The Labute approximate surface area is 127 Å². The van der Waals surface area contributed by atoms with E-state index in [9.17, 15) is 4.79 Å². The third-order valence-corrected chi connectivity index (χ3v) is 4.45. The number of hydrogen-bond donors (Lipinski definition) is 2. The molecule has 0 radical (unpaired) electrons. The molecule has 21 heavy (non-hydrogen) atoms. The van der Waals surface area contributed by atoms with Crippen LogP contribution in [0.25, 0.3) is 0 Å². The van der Waals surface area contributed by atoms with Gasteiger partial charge in [-0.1, -0.05) is 13.3 Å². The molecule has 2 N–H and O–H groups in total. The number of carbonyl (C=O) groups excluding carboxylic acids is 1. The largest absolute Gasteiger partial charge is 0.338 e. The average Bonchev–Trinajstić information content (AvgIpc) is 2.77. The molecule has 2 amide bonds. The van der Waals surface area contributed by atoms with Gasteiger partial charge in [0, 0.05) is 24.8 Å². The van der Waals surface area contributed by atoms with Crippen LogP contribution in [0.4, 0.5) is 4.79 Å². The van der Waals surface area contributed by atoms with Gasteiger partial charge in [0.1, 0.15) is 0 Å². The van der Waals surface area contributed by atoms with Gasteiger partial charge in [-0.25, -0.2) is 4.79 Å². The van der Waals surface area contributed by atoms with Crippen LogP contribution in [-0.2, 0) is 6.42 Å². The molecule has 5 nitrogen and oxygen atoms in total. The lowest BCUT2D eigenvalue weighted by Crippen LogP contribution is -2.46. The van der Waals surface area contributed by atoms with Crippen LogP contribution in [0.15, 0.2) is 6.20 Å². The van der Waals surface area contributed by atoms with Gasteiger partial charge in [0.2, 0.25) is 0 Å². The molecule has 0 unspecified atom stereocenters. The Kier molecular flexibility index (Phi) is 5.65. The van der Waals surface area contributed by atoms with Gasteiger partial charge in [-0.05, 0) is 51.0 Å². The van der Waals surface area contributed by atoms with Gasteiger partial charge in [-0.3, -0.25) is 5.10 Å². The van der Waals surface area contributed by atoms with E-state index in [4.69, 9.17) is 0 Å². The lowest BCUT2D eigenvalue weighted by Gasteiger charge is -2.28. The molecule has 1 aliphatic heterocycles. The number of likely N-dealkylation sites (tertiary alicyclic amines) is 1. The maximum absolute atomic E-state index is 12.3. The van der Waals surface area contributed by atoms with Crippen molar-refractivity contribution in [2.45, 2.75) is 58.9 Å². The average molecular weight is 292 g/mol. The molecule has 118 valence electrons. The summed E-state index contributed by atoms with van der Waals surface area (Å²) >= 11 is 0. The first kappa shape index (κ1) is 15.9. The number of amides is 2. The van der Waals surface area contributed by atoms with Gasteiger partial charge in [0.05, 0.1) is 6.20 Å². The van der Waals surface area contributed by atoms with Crippen molar-refractivity contribution >= 4 is 6.03 Å². The molecule has 0 aromatic carbocycles. The fourth-order valence-electron chi connectivity index (χ4n) is 3.01. The van der Waals surface area contributed by atoms with Crippen molar-refractivity contribution in [3.63, 3.8) is 0 Å². The monoisotopic (exact) mass is 292 g/mol. The molecule has 1 saturated heterocycles. The van der Waals surface area contributed by atoms with Crippen LogP contribution in [0.2, 0.25) is 0 Å². The van der Waals surface area contributed by atoms with E-state index in [1.807, 2.05) is 18.0 Å². The van der Waals surface area contributed by atoms with Crippen molar-refractivity contribution in [3.05, 3.63) is 17.5 Å². The Morgan fingerprint density at radius 3 is 3.00 bits per heavy atom. The molecule has 1 aromatic heterocycles. The third-order valence-electron chi connectivity index (χ3n) is 4.45. The van der Waals surface area contributed by atoms with Crippen molar-refractivity contribution < 1.29 is 4.79 Å². The molecule has 2 rings (SSSR count). The summed E-state index contributed by atoms with van der Waals surface area (Å²) in [4.78, 5) is 14.3. The Morgan fingerprint density at radius 2 is 2.29 bits per heavy atom. The van der Waals surface area contributed by atoms with Crippen LogP contribution in [0.1, 0.15) is 50.8 Å². The minimum absolute atomic E-state index is 0.0974. The number of rotatable bonds is 4. The van der Waals surface area contributed by atoms with E-state index in [0.717, 1.165) is 38.0 Å². The van der Waals surface area contributed by atoms with Crippen LogP contribution >= 0.6 is 0 Å². The highest BCUT2D eigenvalue weighted by Gasteiger charge is 2.24. The molecule has 0 bridgehead atoms. The first-order valence-corrected chi connectivity index (χ1v) is 8.11. The molecule has 2 atom stereocenters. The minimum Gasteiger partial charge on any atom is -0.338 e. The van der Waals surface area contributed by atoms with Gasteiger partial charge in [0.25, 0.3) is 0 Å². The Hall–Kier alpha value is -1.52. The van der Waals surface area contributed by atoms with E-state index in [1.54, 1.807) is 0 Å². The SMILES string of the molecule is Cc1[nH]ncc1CCCNC(=O)N1C[C@H](C)CCC[C@H]1C. The predicted molar refractivity (Wildman–Crippen MR) is 84.2 cm³/mol. The first-order chi connectivity index (χ1) is 10.1. The zero-order chi connectivity index (χ0) is 15.2. The lowest BCUT2D eigenvalue weighted by atomic mass is 10.1. The number of nitrogens with zero attached hydrogens (tertiary/aromatic N) is 2. The van der Waals surface area contributed by atoms with Gasteiger partial charge in [-0.15, -0.1) is 0 Å². The molecule has 1 aliphatic rings. The number of aromatic nitrogens is 2. The first-order valence-electron chi connectivity index (χ1n) is 8.11. The summed E-state index contributed by atoms with van der Waals surface area (Å²) in [5.74, 6) is 0.606. The second kappa shape index (κ2) is 7.48. The number of nitrogens with one attached hydrogen (secondary N) is 2. The van der Waals surface area contributed by atoms with Gasteiger partial charge in [-0.2, -0.15) is 5.10 Å². The summed E-state index contributed by atoms with van der Waals surface area (Å²) in [6.45, 7) is 8.03. The fraction of sp³-hybridized carbons (Fsp3) is 0.750. The molecule has 5 heteroatoms. The highest BCUT2D eigenvalue weighted by molar-refractivity contribution is 5.74. The van der Waals surface area contributed by atoms with E-state index in [1.165, 1.54) is 18.4 Å². The summed E-state index contributed by atoms with van der Waals surface area (Å²) < 4.78 is 0. The number of H-pyrrole nitrogens is 1. The van der Waals surface area contributed by atoms with Crippen LogP contribution in [0.5, 0.6) is 0 Å². The number of hydrogen-bond acceptors (Lipinski definition) is 2. The van der Waals surface area contributed by atoms with Crippen molar-refractivity contribution in [2.75, 3.05) is 13.1 Å². The van der Waals surface area contributed by atoms with Crippen molar-refractivity contribution in [2.24, 2.45) is 5.92 Å². The maximum Gasteiger partial charge on any atom is 0.317 e. The quantitative estimate of drug-likeness (QED) is 0.838. The topological polar surface area (TPSA) is 61.0 Å². The molecule has 1 fully saturated rings. The zero-order valence-electron chi connectivity index (χ0n) is 13.5. The van der Waals surface area contributed by atoms with Crippen LogP contribution < -0.4 is 5.32 Å². The highest BCUT2D eigenvalue weighted by atomic mass is 16.2. The Balaban J connectivity index is 1.74. The van der Waals surface area contributed by atoms with Crippen LogP contribution in [-0.4, -0.2) is 40.3 Å². The molecule has 0 spiro atoms. The van der Waals surface area contributed by atoms with E-state index in [-0.39, 0.29) is 6.03 Å². The molecule has 1 aromatic rings. The normalized spacial score (nSPS) is 22.9. The lowest BCUT2D eigenvalue weighted by molar-refractivity contribution is 0.173. The van der Waals surface area contributed by atoms with E-state index in [0.29, 0.717) is 12.0 Å². The van der Waals surface area contributed by atoms with Crippen molar-refractivity contribution in [1.29, 1.82) is 0 Å². The molecule has 2 heterocycles. The van der Waals surface area contributed by atoms with Crippen LogP contribution in [0.3, 0.4) is 0 Å². The summed E-state index contributed by atoms with van der Waals surface area (Å²) in [5, 5.41) is 10.0. The second-order valence-electron chi connectivity index (χ2n) is 6.39. The van der Waals surface area contributed by atoms with E-state index in [2.05, 4.69) is 29.4 Å². The molecule has 0 aliphatic carbocycles. The number of aryl methyl sites for hydroxylation is 2. The summed E-state index contributed by atoms with van der Waals surface area (Å²) in [6.07, 6.45) is 7.35. The maximum atomic E-state index is 12.3. The third kappa shape index (κ3) is 4.48. The number of carbonyl (C=O) groups is 1. The fourth-order valence-corrected chi connectivity index (χ4v) is 3.01. The van der Waals surface area contributed by atoms with Crippen molar-refractivity contribution in [3.8, 4) is 0 Å². The van der Waals surface area contributed by atoms with E-state index >= 15 is 0 Å². The highest BCUT2D eigenvalue weighted by Crippen LogP contribution is 2.20. The summed E-state index contributed by atoms with van der Waals surface area (Å²) in [5.41, 5.74) is 2.36. The Morgan fingerprint density at radius 1 is 1.48 bits per heavy atom. The minimum atomic E-state index is 0.0974. The summed E-state index contributed by atoms with van der Waals surface area (Å²) in [7, 11) is 0. The van der Waals surface area contributed by atoms with Gasteiger partial charge >= 0.3 is 6.03 Å². The standard InChI is InChI=1S/C16H28N4O/c1-12-6-4-7-13(2)20(11-12)16(21)17-9-5-8-15-10-18-19-14(15)3/h10,12-13H,4-9,11H2,1-3H3,(H,17,21)(H,18,19)/t12-,13-/m1/s1.